The van der Waals surface area contributed by atoms with Crippen molar-refractivity contribution in [3.63, 3.8) is 0 Å². The summed E-state index contributed by atoms with van der Waals surface area (Å²) in [5.74, 6) is -0.586. The molecular weight excluding hydrogens is 148 g/mol. The van der Waals surface area contributed by atoms with Gasteiger partial charge in [-0.05, 0) is 0 Å². The fourth-order valence-corrected chi connectivity index (χ4v) is 0.378. The molecule has 0 aliphatic rings. The number of guanidine groups is 1. The van der Waals surface area contributed by atoms with Crippen molar-refractivity contribution in [3.8, 4) is 0 Å². The smallest absolute Gasteiger partial charge is 0.341 e. The second-order valence-corrected chi connectivity index (χ2v) is 1.74. The monoisotopic (exact) mass is 158 g/mol. The highest BCUT2D eigenvalue weighted by Crippen LogP contribution is 1.74. The summed E-state index contributed by atoms with van der Waals surface area (Å²) in [6.45, 7) is 1.65. The molecule has 0 fully saturated rings. The molecule has 0 bridgehead atoms. The molecule has 6 heteroatoms. The zero-order valence-electron chi connectivity index (χ0n) is 6.13. The van der Waals surface area contributed by atoms with Crippen LogP contribution < -0.4 is 16.8 Å². The first kappa shape index (κ1) is 9.41. The highest BCUT2D eigenvalue weighted by atomic mass is 16.2. The van der Waals surface area contributed by atoms with Crippen LogP contribution in [0.2, 0.25) is 0 Å². The Bertz CT molecular complexity index is 199. The Morgan fingerprint density at radius 1 is 1.45 bits per heavy atom. The molecule has 0 aliphatic heterocycles. The van der Waals surface area contributed by atoms with Gasteiger partial charge in [-0.3, -0.25) is 10.1 Å². The van der Waals surface area contributed by atoms with E-state index in [0.717, 1.165) is 0 Å². The number of urea groups is 1. The van der Waals surface area contributed by atoms with Crippen LogP contribution in [0.5, 0.6) is 0 Å². The Balaban J connectivity index is 3.96. The van der Waals surface area contributed by atoms with Crippen LogP contribution in [0.3, 0.4) is 0 Å². The lowest BCUT2D eigenvalue weighted by atomic mass is 10.5. The van der Waals surface area contributed by atoms with Gasteiger partial charge in [0.15, 0.2) is 0 Å². The van der Waals surface area contributed by atoms with E-state index in [-0.39, 0.29) is 18.3 Å². The summed E-state index contributed by atoms with van der Waals surface area (Å²) in [5, 5.41) is 2.15. The van der Waals surface area contributed by atoms with Gasteiger partial charge in [0, 0.05) is 6.42 Å². The Morgan fingerprint density at radius 3 is 2.36 bits per heavy atom. The zero-order valence-corrected chi connectivity index (χ0v) is 6.13. The van der Waals surface area contributed by atoms with Gasteiger partial charge in [0.1, 0.15) is 0 Å². The second-order valence-electron chi connectivity index (χ2n) is 1.74. The third-order valence-corrected chi connectivity index (χ3v) is 0.819. The van der Waals surface area contributed by atoms with Crippen LogP contribution in [0.25, 0.3) is 0 Å². The molecule has 0 saturated heterocycles. The SMILES string of the molecule is CCC(=O)N/C(N)=N/C(N)=O. The molecule has 5 N–H and O–H groups in total. The summed E-state index contributed by atoms with van der Waals surface area (Å²) in [4.78, 5) is 23.7. The predicted molar refractivity (Wildman–Crippen MR) is 39.6 cm³/mol. The number of amides is 3. The van der Waals surface area contributed by atoms with Gasteiger partial charge in [-0.25, -0.2) is 4.79 Å². The van der Waals surface area contributed by atoms with E-state index in [0.29, 0.717) is 0 Å². The minimum Gasteiger partial charge on any atom is -0.369 e. The summed E-state index contributed by atoms with van der Waals surface area (Å²) in [5.41, 5.74) is 9.72. The van der Waals surface area contributed by atoms with E-state index in [1.807, 2.05) is 0 Å². The molecular formula is C5H10N4O2. The van der Waals surface area contributed by atoms with E-state index < -0.39 is 6.03 Å². The number of nitrogens with two attached hydrogens (primary N) is 2. The molecule has 0 aromatic heterocycles. The van der Waals surface area contributed by atoms with E-state index >= 15 is 0 Å². The second kappa shape index (κ2) is 4.26. The first-order valence-electron chi connectivity index (χ1n) is 2.99. The predicted octanol–water partition coefficient (Wildman–Crippen LogP) is -1.09. The number of hydrogen-bond donors (Lipinski definition) is 3. The highest BCUT2D eigenvalue weighted by molar-refractivity contribution is 6.00. The molecule has 0 rings (SSSR count). The lowest BCUT2D eigenvalue weighted by Gasteiger charge is -1.98. The molecule has 0 aromatic rings. The number of carbonyl (C=O) groups excluding carboxylic acids is 2. The van der Waals surface area contributed by atoms with E-state index in [2.05, 4.69) is 16.0 Å². The number of primary amides is 1. The van der Waals surface area contributed by atoms with E-state index in [4.69, 9.17) is 5.73 Å². The van der Waals surface area contributed by atoms with Crippen molar-refractivity contribution in [2.75, 3.05) is 0 Å². The molecule has 11 heavy (non-hydrogen) atoms. The van der Waals surface area contributed by atoms with Crippen molar-refractivity contribution in [1.29, 1.82) is 0 Å². The lowest BCUT2D eigenvalue weighted by Crippen LogP contribution is -2.37. The Hall–Kier alpha value is -1.59. The molecule has 0 aliphatic carbocycles. The van der Waals surface area contributed by atoms with Gasteiger partial charge >= 0.3 is 6.03 Å². The maximum Gasteiger partial charge on any atom is 0.341 e. The van der Waals surface area contributed by atoms with Crippen molar-refractivity contribution < 1.29 is 9.59 Å². The van der Waals surface area contributed by atoms with E-state index in [1.54, 1.807) is 6.92 Å². The number of rotatable bonds is 1. The third-order valence-electron chi connectivity index (χ3n) is 0.819. The molecule has 0 radical (unpaired) electrons. The largest absolute Gasteiger partial charge is 0.369 e. The van der Waals surface area contributed by atoms with Crippen molar-refractivity contribution in [3.05, 3.63) is 0 Å². The maximum atomic E-state index is 10.6. The van der Waals surface area contributed by atoms with Crippen LogP contribution in [0.1, 0.15) is 13.3 Å². The minimum absolute atomic E-state index is 0.273. The van der Waals surface area contributed by atoms with Gasteiger partial charge in [0.2, 0.25) is 11.9 Å². The minimum atomic E-state index is -0.932. The van der Waals surface area contributed by atoms with Crippen molar-refractivity contribution in [2.45, 2.75) is 13.3 Å². The zero-order chi connectivity index (χ0) is 8.85. The topological polar surface area (TPSA) is 111 Å². The summed E-state index contributed by atoms with van der Waals surface area (Å²) in [7, 11) is 0. The Kier molecular flexibility index (Phi) is 3.65. The molecule has 3 amide bonds. The molecule has 0 heterocycles. The van der Waals surface area contributed by atoms with Gasteiger partial charge < -0.3 is 11.5 Å². The normalized spacial score (nSPS) is 10.8. The number of carbonyl (C=O) groups is 2. The van der Waals surface area contributed by atoms with Gasteiger partial charge in [-0.1, -0.05) is 6.92 Å². The molecule has 0 unspecified atom stereocenters. The van der Waals surface area contributed by atoms with Crippen LogP contribution in [-0.4, -0.2) is 17.9 Å². The van der Waals surface area contributed by atoms with Crippen LogP contribution in [0.4, 0.5) is 4.79 Å². The first-order valence-corrected chi connectivity index (χ1v) is 2.99. The standard InChI is InChI=1S/C5H10N4O2/c1-2-3(10)8-4(6)9-5(7)11/h2H2,1H3,(H5,6,7,8,9,10,11). The van der Waals surface area contributed by atoms with Crippen molar-refractivity contribution in [2.24, 2.45) is 16.5 Å². The summed E-state index contributed by atoms with van der Waals surface area (Å²) >= 11 is 0. The summed E-state index contributed by atoms with van der Waals surface area (Å²) < 4.78 is 0. The summed E-state index contributed by atoms with van der Waals surface area (Å²) in [6.07, 6.45) is 0.273. The van der Waals surface area contributed by atoms with Crippen molar-refractivity contribution >= 4 is 17.9 Å². The number of hydrogen-bond acceptors (Lipinski definition) is 2. The molecule has 6 nitrogen and oxygen atoms in total. The first-order chi connectivity index (χ1) is 5.06. The molecule has 0 spiro atoms. The van der Waals surface area contributed by atoms with Crippen molar-refractivity contribution in [1.82, 2.24) is 5.32 Å². The Labute approximate surface area is 63.6 Å². The van der Waals surface area contributed by atoms with E-state index in [1.165, 1.54) is 0 Å². The quantitative estimate of drug-likeness (QED) is 0.333. The highest BCUT2D eigenvalue weighted by Gasteiger charge is 1.99. The lowest BCUT2D eigenvalue weighted by molar-refractivity contribution is -0.119. The number of nitrogens with one attached hydrogen (secondary N) is 1. The van der Waals surface area contributed by atoms with E-state index in [9.17, 15) is 9.59 Å². The van der Waals surface area contributed by atoms with Gasteiger partial charge in [-0.2, -0.15) is 4.99 Å². The van der Waals surface area contributed by atoms with Crippen LogP contribution in [0.15, 0.2) is 4.99 Å². The fourth-order valence-electron chi connectivity index (χ4n) is 0.378. The Morgan fingerprint density at radius 2 is 2.00 bits per heavy atom. The van der Waals surface area contributed by atoms with Gasteiger partial charge in [0.05, 0.1) is 0 Å². The summed E-state index contributed by atoms with van der Waals surface area (Å²) in [6, 6.07) is -0.932. The number of nitrogens with zero attached hydrogens (tertiary/aromatic N) is 1. The average Bonchev–Trinajstić information content (AvgIpc) is 1.85. The molecule has 0 aromatic carbocycles. The van der Waals surface area contributed by atoms with Gasteiger partial charge in [0.25, 0.3) is 0 Å². The molecule has 62 valence electrons. The van der Waals surface area contributed by atoms with Gasteiger partial charge in [-0.15, -0.1) is 0 Å². The van der Waals surface area contributed by atoms with Crippen LogP contribution in [-0.2, 0) is 4.79 Å². The maximum absolute atomic E-state index is 10.6. The average molecular weight is 158 g/mol. The third kappa shape index (κ3) is 4.89. The fraction of sp³-hybridized carbons (Fsp3) is 0.400. The van der Waals surface area contributed by atoms with Crippen LogP contribution >= 0.6 is 0 Å². The molecule has 0 saturated carbocycles. The van der Waals surface area contributed by atoms with Crippen LogP contribution in [0, 0.1) is 0 Å². The molecule has 0 atom stereocenters. The number of aliphatic imine (C=N–C) groups is 1.